The van der Waals surface area contributed by atoms with Gasteiger partial charge in [-0.1, -0.05) is 19.1 Å². The topological polar surface area (TPSA) is 46.5 Å². The largest absolute Gasteiger partial charge is 0.496 e. The van der Waals surface area contributed by atoms with Crippen LogP contribution < -0.4 is 4.74 Å². The summed E-state index contributed by atoms with van der Waals surface area (Å²) in [4.78, 5) is 10.8. The van der Waals surface area contributed by atoms with Gasteiger partial charge < -0.3 is 9.84 Å². The Hall–Kier alpha value is -1.65. The fourth-order valence-electron chi connectivity index (χ4n) is 1.83. The molecule has 0 heterocycles. The van der Waals surface area contributed by atoms with E-state index < -0.39 is 17.8 Å². The number of alkyl halides is 2. The van der Waals surface area contributed by atoms with Crippen LogP contribution in [0.4, 0.5) is 8.78 Å². The van der Waals surface area contributed by atoms with Crippen LogP contribution in [-0.2, 0) is 17.1 Å². The van der Waals surface area contributed by atoms with E-state index in [2.05, 4.69) is 0 Å². The molecule has 1 rings (SSSR count). The number of carboxylic acid groups (broad SMARTS) is 1. The van der Waals surface area contributed by atoms with E-state index in [-0.39, 0.29) is 17.7 Å². The Morgan fingerprint density at radius 1 is 1.50 bits per heavy atom. The third-order valence-electron chi connectivity index (χ3n) is 2.72. The maximum Gasteiger partial charge on any atom is 0.306 e. The molecule has 0 saturated heterocycles. The molecule has 0 saturated carbocycles. The Balaban J connectivity index is 3.23. The predicted octanol–water partition coefficient (Wildman–Crippen LogP) is 3.07. The smallest absolute Gasteiger partial charge is 0.306 e. The molecule has 0 bridgehead atoms. The van der Waals surface area contributed by atoms with Gasteiger partial charge in [-0.2, -0.15) is 0 Å². The van der Waals surface area contributed by atoms with Gasteiger partial charge in [0, 0.05) is 6.92 Å². The summed E-state index contributed by atoms with van der Waals surface area (Å²) >= 11 is 0. The average molecular weight is 258 g/mol. The highest BCUT2D eigenvalue weighted by atomic mass is 19.3. The summed E-state index contributed by atoms with van der Waals surface area (Å²) in [5, 5.41) is 8.84. The second kappa shape index (κ2) is 5.33. The van der Waals surface area contributed by atoms with E-state index in [4.69, 9.17) is 9.84 Å². The van der Waals surface area contributed by atoms with Gasteiger partial charge in [0.1, 0.15) is 5.75 Å². The summed E-state index contributed by atoms with van der Waals surface area (Å²) in [6.07, 6.45) is 0.0469. The van der Waals surface area contributed by atoms with Gasteiger partial charge in [-0.25, -0.2) is 8.78 Å². The van der Waals surface area contributed by atoms with Crippen LogP contribution in [0.5, 0.6) is 5.75 Å². The highest BCUT2D eigenvalue weighted by molar-refractivity contribution is 5.70. The number of hydrogen-bond donors (Lipinski definition) is 1. The van der Waals surface area contributed by atoms with Crippen molar-refractivity contribution in [3.63, 3.8) is 0 Å². The molecular formula is C13H16F2O3. The fraction of sp³-hybridized carbons (Fsp3) is 0.462. The number of carbonyl (C=O) groups is 1. The molecule has 0 amide bonds. The SMILES string of the molecule is COc1cccc(CC(C)C(=O)O)c1C(C)(F)F. The Bertz CT molecular complexity index is 438. The number of aliphatic carboxylic acids is 1. The molecule has 0 spiro atoms. The van der Waals surface area contributed by atoms with Crippen LogP contribution >= 0.6 is 0 Å². The fourth-order valence-corrected chi connectivity index (χ4v) is 1.83. The van der Waals surface area contributed by atoms with Crippen LogP contribution in [0, 0.1) is 5.92 Å². The summed E-state index contributed by atoms with van der Waals surface area (Å²) in [5.74, 6) is -4.72. The molecular weight excluding hydrogens is 242 g/mol. The summed E-state index contributed by atoms with van der Waals surface area (Å²) in [7, 11) is 1.31. The van der Waals surface area contributed by atoms with Gasteiger partial charge in [-0.15, -0.1) is 0 Å². The molecule has 1 atom stereocenters. The zero-order valence-electron chi connectivity index (χ0n) is 10.5. The number of methoxy groups -OCH3 is 1. The number of benzene rings is 1. The minimum atomic E-state index is -3.07. The highest BCUT2D eigenvalue weighted by Gasteiger charge is 2.32. The molecule has 1 aromatic carbocycles. The van der Waals surface area contributed by atoms with Crippen molar-refractivity contribution in [2.24, 2.45) is 5.92 Å². The highest BCUT2D eigenvalue weighted by Crippen LogP contribution is 2.37. The quantitative estimate of drug-likeness (QED) is 0.882. The van der Waals surface area contributed by atoms with Crippen LogP contribution in [0.25, 0.3) is 0 Å². The van der Waals surface area contributed by atoms with E-state index >= 15 is 0 Å². The molecule has 0 aliphatic rings. The molecule has 1 unspecified atom stereocenters. The molecule has 18 heavy (non-hydrogen) atoms. The summed E-state index contributed by atoms with van der Waals surface area (Å²) in [5.41, 5.74) is 0.0670. The van der Waals surface area contributed by atoms with Crippen molar-refractivity contribution in [3.05, 3.63) is 29.3 Å². The monoisotopic (exact) mass is 258 g/mol. The first-order valence-electron chi connectivity index (χ1n) is 5.54. The molecule has 1 N–H and O–H groups in total. The van der Waals surface area contributed by atoms with Gasteiger partial charge in [0.15, 0.2) is 0 Å². The molecule has 1 aromatic rings. The van der Waals surface area contributed by atoms with Crippen molar-refractivity contribution in [2.45, 2.75) is 26.2 Å². The van der Waals surface area contributed by atoms with Crippen molar-refractivity contribution >= 4 is 5.97 Å². The molecule has 0 aliphatic heterocycles. The predicted molar refractivity (Wildman–Crippen MR) is 63.1 cm³/mol. The summed E-state index contributed by atoms with van der Waals surface area (Å²) < 4.78 is 32.1. The molecule has 0 aliphatic carbocycles. The first-order chi connectivity index (χ1) is 8.27. The maximum atomic E-state index is 13.6. The Labute approximate surface area is 104 Å². The molecule has 0 aromatic heterocycles. The Kier molecular flexibility index (Phi) is 4.27. The standard InChI is InChI=1S/C13H16F2O3/c1-8(12(16)17)7-9-5-4-6-10(18-3)11(9)13(2,14)15/h4-6,8H,7H2,1-3H3,(H,16,17). The lowest BCUT2D eigenvalue weighted by molar-refractivity contribution is -0.141. The van der Waals surface area contributed by atoms with Crippen LogP contribution in [0.3, 0.4) is 0 Å². The Morgan fingerprint density at radius 2 is 2.11 bits per heavy atom. The lowest BCUT2D eigenvalue weighted by atomic mass is 9.93. The van der Waals surface area contributed by atoms with Crippen molar-refractivity contribution in [2.75, 3.05) is 7.11 Å². The van der Waals surface area contributed by atoms with E-state index in [1.165, 1.54) is 26.2 Å². The third-order valence-corrected chi connectivity index (χ3v) is 2.72. The van der Waals surface area contributed by atoms with E-state index in [1.54, 1.807) is 6.07 Å². The number of rotatable bonds is 5. The zero-order valence-corrected chi connectivity index (χ0v) is 10.5. The van der Waals surface area contributed by atoms with Gasteiger partial charge in [-0.3, -0.25) is 4.79 Å². The van der Waals surface area contributed by atoms with Crippen LogP contribution in [0.2, 0.25) is 0 Å². The maximum absolute atomic E-state index is 13.6. The van der Waals surface area contributed by atoms with Gasteiger partial charge in [-0.05, 0) is 18.1 Å². The minimum absolute atomic E-state index is 0.0469. The number of halogens is 2. The van der Waals surface area contributed by atoms with Crippen LogP contribution in [-0.4, -0.2) is 18.2 Å². The van der Waals surface area contributed by atoms with Crippen molar-refractivity contribution in [1.82, 2.24) is 0 Å². The minimum Gasteiger partial charge on any atom is -0.496 e. The van der Waals surface area contributed by atoms with E-state index in [0.717, 1.165) is 6.92 Å². The van der Waals surface area contributed by atoms with Gasteiger partial charge in [0.25, 0.3) is 5.92 Å². The molecule has 3 nitrogen and oxygen atoms in total. The molecule has 0 fully saturated rings. The van der Waals surface area contributed by atoms with Gasteiger partial charge in [0.2, 0.25) is 0 Å². The van der Waals surface area contributed by atoms with Gasteiger partial charge in [0.05, 0.1) is 18.6 Å². The number of ether oxygens (including phenoxy) is 1. The summed E-state index contributed by atoms with van der Waals surface area (Å²) in [6, 6.07) is 4.54. The first kappa shape index (κ1) is 14.4. The van der Waals surface area contributed by atoms with Crippen molar-refractivity contribution in [3.8, 4) is 5.75 Å². The van der Waals surface area contributed by atoms with Crippen molar-refractivity contribution < 1.29 is 23.4 Å². The number of hydrogen-bond acceptors (Lipinski definition) is 2. The van der Waals surface area contributed by atoms with E-state index in [1.807, 2.05) is 0 Å². The molecule has 100 valence electrons. The van der Waals surface area contributed by atoms with E-state index in [0.29, 0.717) is 5.56 Å². The number of carboxylic acids is 1. The Morgan fingerprint density at radius 3 is 2.56 bits per heavy atom. The van der Waals surface area contributed by atoms with Crippen LogP contribution in [0.15, 0.2) is 18.2 Å². The molecule has 0 radical (unpaired) electrons. The second-order valence-electron chi connectivity index (χ2n) is 4.33. The normalized spacial score (nSPS) is 13.2. The zero-order chi connectivity index (χ0) is 13.9. The van der Waals surface area contributed by atoms with Crippen LogP contribution in [0.1, 0.15) is 25.0 Å². The first-order valence-corrected chi connectivity index (χ1v) is 5.54. The average Bonchev–Trinajstić information content (AvgIpc) is 2.26. The molecule has 5 heteroatoms. The third kappa shape index (κ3) is 3.18. The van der Waals surface area contributed by atoms with Gasteiger partial charge >= 0.3 is 5.97 Å². The second-order valence-corrected chi connectivity index (χ2v) is 4.33. The lowest BCUT2D eigenvalue weighted by Gasteiger charge is -2.20. The summed E-state index contributed by atoms with van der Waals surface area (Å²) in [6.45, 7) is 2.26. The lowest BCUT2D eigenvalue weighted by Crippen LogP contribution is -2.18. The van der Waals surface area contributed by atoms with E-state index in [9.17, 15) is 13.6 Å². The van der Waals surface area contributed by atoms with Crippen molar-refractivity contribution in [1.29, 1.82) is 0 Å².